The third kappa shape index (κ3) is 3.46. The third-order valence-corrected chi connectivity index (χ3v) is 4.13. The van der Waals surface area contributed by atoms with E-state index in [4.69, 9.17) is 10.3 Å². The van der Waals surface area contributed by atoms with Crippen molar-refractivity contribution in [3.05, 3.63) is 11.7 Å². The van der Waals surface area contributed by atoms with E-state index in [1.807, 2.05) is 0 Å². The first-order chi connectivity index (χ1) is 8.76. The van der Waals surface area contributed by atoms with E-state index in [0.717, 1.165) is 37.3 Å². The fourth-order valence-corrected chi connectivity index (χ4v) is 2.76. The van der Waals surface area contributed by atoms with Crippen LogP contribution in [-0.4, -0.2) is 34.2 Å². The maximum atomic E-state index is 5.87. The molecule has 2 aliphatic rings. The fraction of sp³-hybridized carbons (Fsp3) is 0.846. The average Bonchev–Trinajstić information content (AvgIpc) is 3.12. The zero-order valence-corrected chi connectivity index (χ0v) is 12.2. The van der Waals surface area contributed by atoms with Gasteiger partial charge in [0.1, 0.15) is 0 Å². The van der Waals surface area contributed by atoms with E-state index in [2.05, 4.69) is 22.0 Å². The van der Waals surface area contributed by atoms with E-state index >= 15 is 0 Å². The van der Waals surface area contributed by atoms with Crippen LogP contribution in [0.2, 0.25) is 0 Å². The number of aromatic nitrogens is 2. The molecule has 6 heteroatoms. The number of hydrogen-bond donors (Lipinski definition) is 1. The van der Waals surface area contributed by atoms with Crippen molar-refractivity contribution in [2.45, 2.75) is 51.1 Å². The van der Waals surface area contributed by atoms with Crippen molar-refractivity contribution in [2.24, 2.45) is 11.7 Å². The van der Waals surface area contributed by atoms with Crippen molar-refractivity contribution < 1.29 is 4.52 Å². The lowest BCUT2D eigenvalue weighted by molar-refractivity contribution is 0.111. The molecule has 19 heavy (non-hydrogen) atoms. The summed E-state index contributed by atoms with van der Waals surface area (Å²) in [5, 5.41) is 4.09. The van der Waals surface area contributed by atoms with E-state index in [1.54, 1.807) is 0 Å². The molecule has 0 bridgehead atoms. The summed E-state index contributed by atoms with van der Waals surface area (Å²) in [4.78, 5) is 6.90. The smallest absolute Gasteiger partial charge is 0.229 e. The second-order valence-electron chi connectivity index (χ2n) is 5.81. The van der Waals surface area contributed by atoms with Gasteiger partial charge in [0.2, 0.25) is 5.89 Å². The molecule has 3 rings (SSSR count). The molecule has 2 N–H and O–H groups in total. The Morgan fingerprint density at radius 2 is 2.16 bits per heavy atom. The zero-order valence-electron chi connectivity index (χ0n) is 11.4. The lowest BCUT2D eigenvalue weighted by Crippen LogP contribution is -2.45. The molecule has 2 unspecified atom stereocenters. The van der Waals surface area contributed by atoms with Gasteiger partial charge in [-0.25, -0.2) is 0 Å². The van der Waals surface area contributed by atoms with E-state index in [1.165, 1.54) is 25.7 Å². The molecular formula is C13H23ClN4O. The van der Waals surface area contributed by atoms with Crippen LogP contribution in [0, 0.1) is 5.92 Å². The van der Waals surface area contributed by atoms with Gasteiger partial charge in [0.05, 0.1) is 6.54 Å². The molecule has 1 aromatic rings. The van der Waals surface area contributed by atoms with Crippen molar-refractivity contribution in [2.75, 3.05) is 13.1 Å². The average molecular weight is 287 g/mol. The number of nitrogens with zero attached hydrogens (tertiary/aromatic N) is 3. The molecule has 0 spiro atoms. The lowest BCUT2D eigenvalue weighted by Gasteiger charge is -2.37. The maximum Gasteiger partial charge on any atom is 0.229 e. The molecule has 108 valence electrons. The van der Waals surface area contributed by atoms with Gasteiger partial charge in [0.25, 0.3) is 0 Å². The molecule has 5 nitrogen and oxygen atoms in total. The highest BCUT2D eigenvalue weighted by atomic mass is 35.5. The highest BCUT2D eigenvalue weighted by molar-refractivity contribution is 5.85. The van der Waals surface area contributed by atoms with Crippen LogP contribution in [0.3, 0.4) is 0 Å². The van der Waals surface area contributed by atoms with Gasteiger partial charge in [-0.1, -0.05) is 12.1 Å². The minimum atomic E-state index is 0. The van der Waals surface area contributed by atoms with E-state index < -0.39 is 0 Å². The molecule has 2 heterocycles. The summed E-state index contributed by atoms with van der Waals surface area (Å²) in [6.45, 7) is 4.90. The van der Waals surface area contributed by atoms with Crippen LogP contribution >= 0.6 is 12.4 Å². The molecule has 1 saturated heterocycles. The van der Waals surface area contributed by atoms with Crippen LogP contribution in [0.1, 0.15) is 50.2 Å². The van der Waals surface area contributed by atoms with Gasteiger partial charge >= 0.3 is 0 Å². The van der Waals surface area contributed by atoms with Crippen LogP contribution in [0.15, 0.2) is 4.52 Å². The highest BCUT2D eigenvalue weighted by Crippen LogP contribution is 2.38. The minimum Gasteiger partial charge on any atom is -0.339 e. The number of halogens is 1. The van der Waals surface area contributed by atoms with Crippen molar-refractivity contribution in [3.63, 3.8) is 0 Å². The van der Waals surface area contributed by atoms with Gasteiger partial charge in [-0.3, -0.25) is 4.90 Å². The van der Waals surface area contributed by atoms with Crippen LogP contribution in [0.4, 0.5) is 0 Å². The Bertz CT molecular complexity index is 407. The number of piperidine rings is 1. The van der Waals surface area contributed by atoms with E-state index in [9.17, 15) is 0 Å². The summed E-state index contributed by atoms with van der Waals surface area (Å²) in [6, 6.07) is 0.469. The predicted octanol–water partition coefficient (Wildman–Crippen LogP) is 1.93. The normalized spacial score (nSPS) is 28.1. The number of rotatable bonds is 4. The predicted molar refractivity (Wildman–Crippen MR) is 75.2 cm³/mol. The second kappa shape index (κ2) is 6.20. The molecule has 1 aliphatic carbocycles. The van der Waals surface area contributed by atoms with E-state index in [-0.39, 0.29) is 12.4 Å². The van der Waals surface area contributed by atoms with E-state index in [0.29, 0.717) is 12.0 Å². The molecule has 0 amide bonds. The molecule has 2 fully saturated rings. The first kappa shape index (κ1) is 14.8. The van der Waals surface area contributed by atoms with Gasteiger partial charge in [0.15, 0.2) is 5.82 Å². The first-order valence-corrected chi connectivity index (χ1v) is 7.03. The van der Waals surface area contributed by atoms with Gasteiger partial charge in [-0.05, 0) is 38.1 Å². The van der Waals surface area contributed by atoms with Crippen LogP contribution < -0.4 is 5.73 Å². The highest BCUT2D eigenvalue weighted by Gasteiger charge is 2.31. The van der Waals surface area contributed by atoms with Crippen molar-refractivity contribution in [1.29, 1.82) is 0 Å². The standard InChI is InChI=1S/C13H22N4O.ClH/c1-9-4-5-17(11(6-9)7-14)8-12-15-13(18-16-12)10-2-3-10;/h9-11H,2-8,14H2,1H3;1H. The molecule has 0 aromatic carbocycles. The summed E-state index contributed by atoms with van der Waals surface area (Å²) in [5.74, 6) is 2.98. The van der Waals surface area contributed by atoms with Crippen molar-refractivity contribution in [3.8, 4) is 0 Å². The molecule has 1 aromatic heterocycles. The SMILES string of the molecule is CC1CCN(Cc2noc(C3CC3)n2)C(CN)C1.Cl. The zero-order chi connectivity index (χ0) is 12.5. The minimum absolute atomic E-state index is 0. The van der Waals surface area contributed by atoms with Crippen molar-refractivity contribution >= 4 is 12.4 Å². The maximum absolute atomic E-state index is 5.87. The Labute approximate surface area is 120 Å². The molecule has 2 atom stereocenters. The van der Waals surface area contributed by atoms with Gasteiger partial charge < -0.3 is 10.3 Å². The summed E-state index contributed by atoms with van der Waals surface area (Å²) in [5.41, 5.74) is 5.87. The topological polar surface area (TPSA) is 68.2 Å². The summed E-state index contributed by atoms with van der Waals surface area (Å²) in [6.07, 6.45) is 4.83. The number of nitrogens with two attached hydrogens (primary N) is 1. The van der Waals surface area contributed by atoms with Gasteiger partial charge in [-0.2, -0.15) is 4.98 Å². The monoisotopic (exact) mass is 286 g/mol. The van der Waals surface area contributed by atoms with Crippen LogP contribution in [0.5, 0.6) is 0 Å². The van der Waals surface area contributed by atoms with Crippen LogP contribution in [-0.2, 0) is 6.54 Å². The quantitative estimate of drug-likeness (QED) is 0.916. The largest absolute Gasteiger partial charge is 0.339 e. The summed E-state index contributed by atoms with van der Waals surface area (Å²) >= 11 is 0. The molecule has 1 aliphatic heterocycles. The lowest BCUT2D eigenvalue weighted by atomic mass is 9.92. The number of likely N-dealkylation sites (tertiary alicyclic amines) is 1. The van der Waals surface area contributed by atoms with Gasteiger partial charge in [0, 0.05) is 18.5 Å². The molecule has 0 radical (unpaired) electrons. The summed E-state index contributed by atoms with van der Waals surface area (Å²) in [7, 11) is 0. The first-order valence-electron chi connectivity index (χ1n) is 7.03. The Balaban J connectivity index is 0.00000133. The second-order valence-corrected chi connectivity index (χ2v) is 5.81. The summed E-state index contributed by atoms with van der Waals surface area (Å²) < 4.78 is 5.30. The van der Waals surface area contributed by atoms with Gasteiger partial charge in [-0.15, -0.1) is 12.4 Å². The molecule has 1 saturated carbocycles. The fourth-order valence-electron chi connectivity index (χ4n) is 2.76. The Hall–Kier alpha value is -0.650. The third-order valence-electron chi connectivity index (χ3n) is 4.13. The Kier molecular flexibility index (Phi) is 4.81. The number of hydrogen-bond acceptors (Lipinski definition) is 5. The Morgan fingerprint density at radius 1 is 1.37 bits per heavy atom. The van der Waals surface area contributed by atoms with Crippen LogP contribution in [0.25, 0.3) is 0 Å². The van der Waals surface area contributed by atoms with Crippen molar-refractivity contribution in [1.82, 2.24) is 15.0 Å². The Morgan fingerprint density at radius 3 is 2.84 bits per heavy atom. The molecular weight excluding hydrogens is 264 g/mol.